The smallest absolute Gasteiger partial charge is 0.339 e. The molecule has 1 aromatic carbocycles. The number of hydrogen-bond donors (Lipinski definition) is 1. The fourth-order valence-electron chi connectivity index (χ4n) is 2.38. The third-order valence-electron chi connectivity index (χ3n) is 4.34. The monoisotopic (exact) mass is 434 g/mol. The van der Waals surface area contributed by atoms with Gasteiger partial charge in [0.05, 0.1) is 26.7 Å². The fourth-order valence-corrected chi connectivity index (χ4v) is 3.09. The van der Waals surface area contributed by atoms with Gasteiger partial charge in [-0.2, -0.15) is 0 Å². The molecule has 0 aliphatic carbocycles. The highest BCUT2D eigenvalue weighted by Gasteiger charge is 2.40. The van der Waals surface area contributed by atoms with Crippen LogP contribution in [0.4, 0.5) is 0 Å². The van der Waals surface area contributed by atoms with Crippen LogP contribution in [0, 0.1) is 11.8 Å². The van der Waals surface area contributed by atoms with Gasteiger partial charge in [0.15, 0.2) is 5.60 Å². The topological polar surface area (TPSA) is 82.1 Å². The lowest BCUT2D eigenvalue weighted by Gasteiger charge is -2.24. The Morgan fingerprint density at radius 2 is 1.77 bits per heavy atom. The molecule has 6 nitrogen and oxygen atoms in total. The van der Waals surface area contributed by atoms with Crippen LogP contribution in [0.2, 0.25) is 25.7 Å². The highest BCUT2D eigenvalue weighted by molar-refractivity contribution is 6.76. The van der Waals surface area contributed by atoms with Gasteiger partial charge in [0.25, 0.3) is 0 Å². The molecule has 0 bridgehead atoms. The largest absolute Gasteiger partial charge is 0.469 e. The van der Waals surface area contributed by atoms with Crippen LogP contribution in [0.25, 0.3) is 0 Å². The van der Waals surface area contributed by atoms with E-state index in [0.717, 1.165) is 11.6 Å². The molecule has 30 heavy (non-hydrogen) atoms. The van der Waals surface area contributed by atoms with Crippen LogP contribution >= 0.6 is 0 Å². The summed E-state index contributed by atoms with van der Waals surface area (Å²) in [6.07, 6.45) is -0.777. The van der Waals surface area contributed by atoms with Crippen molar-refractivity contribution in [1.82, 2.24) is 0 Å². The first kappa shape index (κ1) is 25.9. The molecule has 0 radical (unpaired) electrons. The minimum atomic E-state index is -2.06. The number of rotatable bonds is 10. The van der Waals surface area contributed by atoms with Gasteiger partial charge < -0.3 is 19.3 Å². The summed E-state index contributed by atoms with van der Waals surface area (Å²) in [4.78, 5) is 24.2. The van der Waals surface area contributed by atoms with Crippen molar-refractivity contribution in [3.8, 4) is 11.8 Å². The molecule has 1 rings (SSSR count). The van der Waals surface area contributed by atoms with Crippen molar-refractivity contribution in [1.29, 1.82) is 0 Å². The highest BCUT2D eigenvalue weighted by Crippen LogP contribution is 2.20. The first-order valence-corrected chi connectivity index (χ1v) is 13.7. The third kappa shape index (κ3) is 10.1. The lowest BCUT2D eigenvalue weighted by atomic mass is 9.95. The van der Waals surface area contributed by atoms with Crippen molar-refractivity contribution in [3.63, 3.8) is 0 Å². The average Bonchev–Trinajstić information content (AvgIpc) is 2.66. The van der Waals surface area contributed by atoms with E-state index in [9.17, 15) is 14.7 Å². The number of ether oxygens (including phenoxy) is 3. The molecule has 1 atom stereocenters. The van der Waals surface area contributed by atoms with Crippen LogP contribution in [0.3, 0.4) is 0 Å². The number of carbonyl (C=O) groups is 2. The molecule has 166 valence electrons. The van der Waals surface area contributed by atoms with Crippen LogP contribution in [-0.4, -0.2) is 50.0 Å². The normalized spacial score (nSPS) is 13.6. The molecule has 0 saturated carbocycles. The second-order valence-corrected chi connectivity index (χ2v) is 14.6. The molecular weight excluding hydrogens is 400 g/mol. The predicted octanol–water partition coefficient (Wildman–Crippen LogP) is 3.55. The summed E-state index contributed by atoms with van der Waals surface area (Å²) in [5.41, 5.74) is -1.85. The van der Waals surface area contributed by atoms with E-state index in [4.69, 9.17) is 9.47 Å². The Bertz CT molecular complexity index is 757. The van der Waals surface area contributed by atoms with Gasteiger partial charge in [0.2, 0.25) is 0 Å². The number of aliphatic hydroxyl groups is 1. The molecule has 7 heteroatoms. The number of esters is 2. The van der Waals surface area contributed by atoms with Gasteiger partial charge in [0.1, 0.15) is 5.60 Å². The fraction of sp³-hybridized carbons (Fsp3) is 0.565. The van der Waals surface area contributed by atoms with Gasteiger partial charge in [-0.05, 0) is 25.5 Å². The molecule has 0 spiro atoms. The Morgan fingerprint density at radius 3 is 2.33 bits per heavy atom. The minimum Gasteiger partial charge on any atom is -0.469 e. The van der Waals surface area contributed by atoms with Crippen LogP contribution in [0.15, 0.2) is 30.3 Å². The van der Waals surface area contributed by atoms with Crippen molar-refractivity contribution < 1.29 is 28.9 Å². The Kier molecular flexibility index (Phi) is 9.76. The summed E-state index contributed by atoms with van der Waals surface area (Å²) in [5.74, 6) is 4.16. The first-order valence-electron chi connectivity index (χ1n) is 10.0. The van der Waals surface area contributed by atoms with Crippen LogP contribution in [-0.2, 0) is 30.4 Å². The van der Waals surface area contributed by atoms with Crippen molar-refractivity contribution in [3.05, 3.63) is 35.9 Å². The van der Waals surface area contributed by atoms with Gasteiger partial charge in [-0.1, -0.05) is 61.8 Å². The molecule has 0 heterocycles. The molecule has 0 aliphatic heterocycles. The predicted molar refractivity (Wildman–Crippen MR) is 118 cm³/mol. The lowest BCUT2D eigenvalue weighted by Crippen LogP contribution is -2.43. The summed E-state index contributed by atoms with van der Waals surface area (Å²) >= 11 is 0. The Hall–Kier alpha value is -2.14. The molecule has 1 aromatic rings. The minimum absolute atomic E-state index is 0.206. The van der Waals surface area contributed by atoms with Gasteiger partial charge in [-0.15, -0.1) is 0 Å². The van der Waals surface area contributed by atoms with Crippen molar-refractivity contribution in [2.24, 2.45) is 0 Å². The zero-order valence-electron chi connectivity index (χ0n) is 18.9. The molecular formula is C23H34O6Si. The van der Waals surface area contributed by atoms with Crippen LogP contribution in [0.5, 0.6) is 0 Å². The maximum atomic E-state index is 12.5. The molecule has 1 N–H and O–H groups in total. The van der Waals surface area contributed by atoms with Gasteiger partial charge in [-0.3, -0.25) is 4.79 Å². The van der Waals surface area contributed by atoms with Crippen LogP contribution in [0.1, 0.15) is 32.3 Å². The molecule has 0 aromatic heterocycles. The Morgan fingerprint density at radius 1 is 1.13 bits per heavy atom. The van der Waals surface area contributed by atoms with E-state index in [2.05, 4.69) is 36.2 Å². The zero-order chi connectivity index (χ0) is 22.8. The lowest BCUT2D eigenvalue weighted by molar-refractivity contribution is -0.170. The second kappa shape index (κ2) is 11.3. The maximum absolute atomic E-state index is 12.5. The number of hydrogen-bond acceptors (Lipinski definition) is 6. The summed E-state index contributed by atoms with van der Waals surface area (Å²) in [7, 11) is -0.205. The Balaban J connectivity index is 2.79. The molecule has 0 saturated heterocycles. The maximum Gasteiger partial charge on any atom is 0.339 e. The van der Waals surface area contributed by atoms with Crippen molar-refractivity contribution in [2.75, 3.05) is 13.7 Å². The number of benzene rings is 1. The van der Waals surface area contributed by atoms with E-state index in [0.29, 0.717) is 6.61 Å². The van der Waals surface area contributed by atoms with E-state index in [1.165, 1.54) is 7.11 Å². The quantitative estimate of drug-likeness (QED) is 0.345. The molecule has 0 amide bonds. The molecule has 0 fully saturated rings. The SMILES string of the molecule is COC(=O)CC(O)(CC#CC(C)(C)OCc1ccccc1)C(=O)OCC[Si](C)(C)C. The number of carbonyl (C=O) groups excluding carboxylic acids is 2. The summed E-state index contributed by atoms with van der Waals surface area (Å²) in [6.45, 7) is 10.7. The number of methoxy groups -OCH3 is 1. The van der Waals surface area contributed by atoms with Gasteiger partial charge in [-0.25, -0.2) is 4.79 Å². The standard InChI is InChI=1S/C23H34O6Si/c1-22(2,29-18-19-11-8-7-9-12-19)13-10-14-23(26,17-20(24)27-3)21(25)28-15-16-30(4,5)6/h7-9,11-12,26H,14-18H2,1-6H3. The van der Waals surface area contributed by atoms with Crippen molar-refractivity contribution in [2.45, 2.75) is 70.2 Å². The zero-order valence-corrected chi connectivity index (χ0v) is 19.9. The van der Waals surface area contributed by atoms with Gasteiger partial charge >= 0.3 is 11.9 Å². The molecule has 0 aliphatic rings. The molecule has 1 unspecified atom stereocenters. The average molecular weight is 435 g/mol. The Labute approximate surface area is 180 Å². The third-order valence-corrected chi connectivity index (χ3v) is 6.05. The van der Waals surface area contributed by atoms with E-state index in [-0.39, 0.29) is 13.0 Å². The van der Waals surface area contributed by atoms with Crippen LogP contribution < -0.4 is 0 Å². The second-order valence-electron chi connectivity index (χ2n) is 8.99. The van der Waals surface area contributed by atoms with E-state index in [1.54, 1.807) is 13.8 Å². The summed E-state index contributed by atoms with van der Waals surface area (Å²) < 4.78 is 15.7. The van der Waals surface area contributed by atoms with E-state index in [1.807, 2.05) is 30.3 Å². The summed E-state index contributed by atoms with van der Waals surface area (Å²) in [6, 6.07) is 10.5. The summed E-state index contributed by atoms with van der Waals surface area (Å²) in [5, 5.41) is 10.8. The van der Waals surface area contributed by atoms with Crippen molar-refractivity contribution >= 4 is 20.0 Å². The van der Waals surface area contributed by atoms with E-state index < -0.39 is 37.6 Å². The van der Waals surface area contributed by atoms with Gasteiger partial charge in [0, 0.05) is 14.5 Å². The highest BCUT2D eigenvalue weighted by atomic mass is 28.3. The first-order chi connectivity index (χ1) is 13.9. The van der Waals surface area contributed by atoms with E-state index >= 15 is 0 Å².